The second-order valence-electron chi connectivity index (χ2n) is 6.16. The SMILES string of the molecule is Fc1ccccc1OCCSc1nnc(-c2cccs2)n1CC1CCCO1. The van der Waals surface area contributed by atoms with Crippen LogP contribution >= 0.6 is 23.1 Å². The molecule has 0 spiro atoms. The molecule has 0 amide bonds. The summed E-state index contributed by atoms with van der Waals surface area (Å²) in [6.45, 7) is 1.96. The topological polar surface area (TPSA) is 49.2 Å². The van der Waals surface area contributed by atoms with Crippen molar-refractivity contribution in [2.75, 3.05) is 19.0 Å². The Labute approximate surface area is 165 Å². The highest BCUT2D eigenvalue weighted by Crippen LogP contribution is 2.29. The third-order valence-corrected chi connectivity index (χ3v) is 6.07. The molecule has 2 aromatic heterocycles. The Kier molecular flexibility index (Phi) is 6.06. The highest BCUT2D eigenvalue weighted by atomic mass is 32.2. The van der Waals surface area contributed by atoms with E-state index in [1.165, 1.54) is 6.07 Å². The Morgan fingerprint density at radius 2 is 2.19 bits per heavy atom. The number of aromatic nitrogens is 3. The number of para-hydroxylation sites is 1. The summed E-state index contributed by atoms with van der Waals surface area (Å²) >= 11 is 3.21. The molecule has 8 heteroatoms. The van der Waals surface area contributed by atoms with Gasteiger partial charge in [0, 0.05) is 12.4 Å². The molecule has 4 rings (SSSR count). The maximum Gasteiger partial charge on any atom is 0.191 e. The van der Waals surface area contributed by atoms with Crippen molar-refractivity contribution < 1.29 is 13.9 Å². The van der Waals surface area contributed by atoms with Crippen LogP contribution in [0.4, 0.5) is 4.39 Å². The van der Waals surface area contributed by atoms with Crippen LogP contribution in [0.1, 0.15) is 12.8 Å². The molecule has 27 heavy (non-hydrogen) atoms. The lowest BCUT2D eigenvalue weighted by atomic mass is 10.2. The molecule has 1 atom stereocenters. The van der Waals surface area contributed by atoms with Gasteiger partial charge < -0.3 is 9.47 Å². The van der Waals surface area contributed by atoms with E-state index in [-0.39, 0.29) is 17.7 Å². The number of rotatable bonds is 8. The standard InChI is InChI=1S/C19H20FN3O2S2/c20-15-6-1-2-7-16(15)25-10-12-27-19-22-21-18(17-8-4-11-26-17)23(19)13-14-5-3-9-24-14/h1-2,4,6-8,11,14H,3,5,9-10,12-13H2. The minimum atomic E-state index is -0.343. The number of halogens is 1. The van der Waals surface area contributed by atoms with Gasteiger partial charge in [0.15, 0.2) is 22.5 Å². The first-order valence-electron chi connectivity index (χ1n) is 8.90. The zero-order chi connectivity index (χ0) is 18.5. The van der Waals surface area contributed by atoms with Gasteiger partial charge in [-0.1, -0.05) is 30.0 Å². The van der Waals surface area contributed by atoms with Crippen LogP contribution in [-0.2, 0) is 11.3 Å². The number of thiophene rings is 1. The first-order valence-corrected chi connectivity index (χ1v) is 10.8. The number of thioether (sulfide) groups is 1. The molecular formula is C19H20FN3O2S2. The first-order chi connectivity index (χ1) is 13.3. The van der Waals surface area contributed by atoms with Crippen molar-refractivity contribution in [2.45, 2.75) is 30.6 Å². The summed E-state index contributed by atoms with van der Waals surface area (Å²) in [5.74, 6) is 1.46. The number of nitrogens with zero attached hydrogens (tertiary/aromatic N) is 3. The summed E-state index contributed by atoms with van der Waals surface area (Å²) in [6, 6.07) is 10.5. The van der Waals surface area contributed by atoms with Crippen molar-refractivity contribution >= 4 is 23.1 Å². The Morgan fingerprint density at radius 1 is 1.26 bits per heavy atom. The second kappa shape index (κ2) is 8.86. The average molecular weight is 406 g/mol. The van der Waals surface area contributed by atoms with Crippen LogP contribution in [0.5, 0.6) is 5.75 Å². The van der Waals surface area contributed by atoms with Crippen LogP contribution in [0.3, 0.4) is 0 Å². The van der Waals surface area contributed by atoms with Gasteiger partial charge in [-0.2, -0.15) is 0 Å². The molecule has 0 N–H and O–H groups in total. The number of hydrogen-bond acceptors (Lipinski definition) is 6. The Hall–Kier alpha value is -1.90. The lowest BCUT2D eigenvalue weighted by Crippen LogP contribution is -2.16. The smallest absolute Gasteiger partial charge is 0.191 e. The van der Waals surface area contributed by atoms with Gasteiger partial charge in [-0.25, -0.2) is 4.39 Å². The normalized spacial score (nSPS) is 16.7. The molecule has 142 valence electrons. The third-order valence-electron chi connectivity index (χ3n) is 4.28. The van der Waals surface area contributed by atoms with Gasteiger partial charge in [-0.15, -0.1) is 21.5 Å². The van der Waals surface area contributed by atoms with E-state index in [1.807, 2.05) is 11.4 Å². The van der Waals surface area contributed by atoms with Crippen molar-refractivity contribution in [3.05, 3.63) is 47.6 Å². The molecular weight excluding hydrogens is 385 g/mol. The molecule has 1 unspecified atom stereocenters. The van der Waals surface area contributed by atoms with Crippen LogP contribution in [0.25, 0.3) is 10.7 Å². The van der Waals surface area contributed by atoms with E-state index in [4.69, 9.17) is 9.47 Å². The minimum absolute atomic E-state index is 0.203. The molecule has 1 aliphatic heterocycles. The molecule has 3 aromatic rings. The summed E-state index contributed by atoms with van der Waals surface area (Å²) in [7, 11) is 0. The Morgan fingerprint density at radius 3 is 2.96 bits per heavy atom. The van der Waals surface area contributed by atoms with Crippen molar-refractivity contribution in [3.8, 4) is 16.5 Å². The third kappa shape index (κ3) is 4.51. The summed E-state index contributed by atoms with van der Waals surface area (Å²) < 4.78 is 27.1. The van der Waals surface area contributed by atoms with Crippen molar-refractivity contribution in [2.24, 2.45) is 0 Å². The Balaban J connectivity index is 1.42. The monoisotopic (exact) mass is 405 g/mol. The molecule has 1 saturated heterocycles. The minimum Gasteiger partial charge on any atom is -0.490 e. The van der Waals surface area contributed by atoms with Crippen molar-refractivity contribution in [1.29, 1.82) is 0 Å². The first kappa shape index (κ1) is 18.5. The molecule has 1 aromatic carbocycles. The van der Waals surface area contributed by atoms with Crippen LogP contribution in [0.2, 0.25) is 0 Å². The van der Waals surface area contributed by atoms with Gasteiger partial charge in [-0.3, -0.25) is 4.57 Å². The van der Waals surface area contributed by atoms with E-state index < -0.39 is 0 Å². The van der Waals surface area contributed by atoms with E-state index in [1.54, 1.807) is 41.3 Å². The number of ether oxygens (including phenoxy) is 2. The number of hydrogen-bond donors (Lipinski definition) is 0. The predicted molar refractivity (Wildman–Crippen MR) is 105 cm³/mol. The predicted octanol–water partition coefficient (Wildman–Crippen LogP) is 4.50. The molecule has 5 nitrogen and oxygen atoms in total. The van der Waals surface area contributed by atoms with Gasteiger partial charge in [0.1, 0.15) is 0 Å². The molecule has 3 heterocycles. The maximum absolute atomic E-state index is 13.6. The molecule has 1 fully saturated rings. The Bertz CT molecular complexity index is 864. The molecule has 0 radical (unpaired) electrons. The summed E-state index contributed by atoms with van der Waals surface area (Å²) in [6.07, 6.45) is 2.36. The fraction of sp³-hybridized carbons (Fsp3) is 0.368. The van der Waals surface area contributed by atoms with Crippen molar-refractivity contribution in [3.63, 3.8) is 0 Å². The zero-order valence-corrected chi connectivity index (χ0v) is 16.3. The van der Waals surface area contributed by atoms with E-state index in [0.29, 0.717) is 12.4 Å². The lowest BCUT2D eigenvalue weighted by molar-refractivity contribution is 0.0953. The quantitative estimate of drug-likeness (QED) is 0.408. The van der Waals surface area contributed by atoms with E-state index >= 15 is 0 Å². The average Bonchev–Trinajstić information content (AvgIpc) is 3.43. The maximum atomic E-state index is 13.6. The largest absolute Gasteiger partial charge is 0.490 e. The summed E-state index contributed by atoms with van der Waals surface area (Å²) in [5, 5.41) is 11.6. The number of benzene rings is 1. The molecule has 0 aliphatic carbocycles. The van der Waals surface area contributed by atoms with Crippen LogP contribution < -0.4 is 4.74 Å². The highest BCUT2D eigenvalue weighted by molar-refractivity contribution is 7.99. The highest BCUT2D eigenvalue weighted by Gasteiger charge is 2.22. The summed E-state index contributed by atoms with van der Waals surface area (Å²) in [4.78, 5) is 1.09. The van der Waals surface area contributed by atoms with Crippen LogP contribution in [0.15, 0.2) is 46.9 Å². The van der Waals surface area contributed by atoms with E-state index in [9.17, 15) is 4.39 Å². The van der Waals surface area contributed by atoms with E-state index in [0.717, 1.165) is 41.9 Å². The van der Waals surface area contributed by atoms with Gasteiger partial charge in [-0.05, 0) is 36.4 Å². The van der Waals surface area contributed by atoms with Crippen LogP contribution in [-0.4, -0.2) is 39.8 Å². The fourth-order valence-corrected chi connectivity index (χ4v) is 4.47. The molecule has 0 saturated carbocycles. The molecule has 0 bridgehead atoms. The van der Waals surface area contributed by atoms with E-state index in [2.05, 4.69) is 20.8 Å². The molecule has 1 aliphatic rings. The second-order valence-corrected chi connectivity index (χ2v) is 8.17. The van der Waals surface area contributed by atoms with Gasteiger partial charge in [0.05, 0.1) is 24.1 Å². The van der Waals surface area contributed by atoms with Crippen LogP contribution in [0, 0.1) is 5.82 Å². The lowest BCUT2D eigenvalue weighted by Gasteiger charge is -2.14. The zero-order valence-electron chi connectivity index (χ0n) is 14.7. The van der Waals surface area contributed by atoms with Crippen molar-refractivity contribution in [1.82, 2.24) is 14.8 Å². The van der Waals surface area contributed by atoms with Gasteiger partial charge >= 0.3 is 0 Å². The van der Waals surface area contributed by atoms with Gasteiger partial charge in [0.25, 0.3) is 0 Å². The fourth-order valence-electron chi connectivity index (χ4n) is 2.99. The van der Waals surface area contributed by atoms with Gasteiger partial charge in [0.2, 0.25) is 0 Å². The summed E-state index contributed by atoms with van der Waals surface area (Å²) in [5.41, 5.74) is 0.